The average Bonchev–Trinajstić information content (AvgIpc) is 2.70. The van der Waals surface area contributed by atoms with E-state index in [0.29, 0.717) is 22.9 Å². The molecular formula is C18H25NS. The fourth-order valence-electron chi connectivity index (χ4n) is 3.55. The molecule has 1 heterocycles. The van der Waals surface area contributed by atoms with Gasteiger partial charge in [0.05, 0.1) is 0 Å². The van der Waals surface area contributed by atoms with Gasteiger partial charge in [0, 0.05) is 21.7 Å². The van der Waals surface area contributed by atoms with Gasteiger partial charge in [-0.1, -0.05) is 45.9 Å². The zero-order valence-electron chi connectivity index (χ0n) is 13.4. The highest BCUT2D eigenvalue weighted by molar-refractivity contribution is 7.19. The summed E-state index contributed by atoms with van der Waals surface area (Å²) < 4.78 is 1.41. The van der Waals surface area contributed by atoms with E-state index in [2.05, 4.69) is 71.1 Å². The summed E-state index contributed by atoms with van der Waals surface area (Å²) in [4.78, 5) is 1.49. The maximum Gasteiger partial charge on any atom is 0.0391 e. The first kappa shape index (κ1) is 14.1. The normalized spacial score (nSPS) is 22.1. The fourth-order valence-corrected chi connectivity index (χ4v) is 4.77. The molecule has 0 saturated heterocycles. The molecule has 1 aromatic heterocycles. The number of thiophene rings is 1. The lowest BCUT2D eigenvalue weighted by atomic mass is 10.0. The first-order valence-corrected chi connectivity index (χ1v) is 8.32. The Hall–Kier alpha value is -0.860. The number of nitrogens with one attached hydrogen (secondary N) is 1. The number of aryl methyl sites for hydroxylation is 1. The van der Waals surface area contributed by atoms with E-state index >= 15 is 0 Å². The van der Waals surface area contributed by atoms with Gasteiger partial charge in [-0.3, -0.25) is 0 Å². The minimum atomic E-state index is 0.395. The zero-order chi connectivity index (χ0) is 14.7. The predicted octanol–water partition coefficient (Wildman–Crippen LogP) is 5.29. The topological polar surface area (TPSA) is 12.0 Å². The summed E-state index contributed by atoms with van der Waals surface area (Å²) in [6.45, 7) is 14.0. The molecule has 20 heavy (non-hydrogen) atoms. The van der Waals surface area contributed by atoms with Gasteiger partial charge >= 0.3 is 0 Å². The van der Waals surface area contributed by atoms with Crippen molar-refractivity contribution >= 4 is 21.4 Å². The van der Waals surface area contributed by atoms with Crippen molar-refractivity contribution in [2.45, 2.75) is 53.6 Å². The van der Waals surface area contributed by atoms with Gasteiger partial charge < -0.3 is 5.32 Å². The molecule has 108 valence electrons. The van der Waals surface area contributed by atoms with E-state index in [1.165, 1.54) is 20.5 Å². The maximum atomic E-state index is 3.86. The second-order valence-corrected chi connectivity index (χ2v) is 8.44. The molecule has 1 N–H and O–H groups in total. The van der Waals surface area contributed by atoms with Crippen LogP contribution in [-0.4, -0.2) is 6.04 Å². The van der Waals surface area contributed by atoms with E-state index in [4.69, 9.17) is 0 Å². The van der Waals surface area contributed by atoms with Gasteiger partial charge in [0.25, 0.3) is 0 Å². The lowest BCUT2D eigenvalue weighted by Crippen LogP contribution is -2.25. The molecule has 0 bridgehead atoms. The summed E-state index contributed by atoms with van der Waals surface area (Å²) in [6.07, 6.45) is 0. The van der Waals surface area contributed by atoms with Crippen LogP contribution < -0.4 is 5.32 Å². The van der Waals surface area contributed by atoms with Crippen LogP contribution in [0.2, 0.25) is 0 Å². The van der Waals surface area contributed by atoms with Crippen LogP contribution in [0.15, 0.2) is 24.3 Å². The number of hydrogen-bond acceptors (Lipinski definition) is 2. The van der Waals surface area contributed by atoms with Gasteiger partial charge in [-0.15, -0.1) is 11.3 Å². The number of hydrogen-bond donors (Lipinski definition) is 1. The Kier molecular flexibility index (Phi) is 3.04. The van der Waals surface area contributed by atoms with Crippen LogP contribution >= 0.6 is 11.3 Å². The third-order valence-corrected chi connectivity index (χ3v) is 7.17. The number of benzene rings is 1. The minimum Gasteiger partial charge on any atom is -0.306 e. The Morgan fingerprint density at radius 2 is 1.70 bits per heavy atom. The van der Waals surface area contributed by atoms with E-state index in [1.807, 2.05) is 11.3 Å². The van der Waals surface area contributed by atoms with Crippen molar-refractivity contribution in [3.8, 4) is 0 Å². The molecule has 2 heteroatoms. The van der Waals surface area contributed by atoms with Gasteiger partial charge in [-0.05, 0) is 41.7 Å². The van der Waals surface area contributed by atoms with Crippen molar-refractivity contribution in [1.82, 2.24) is 5.32 Å². The second-order valence-electron chi connectivity index (χ2n) is 7.35. The lowest BCUT2D eigenvalue weighted by Gasteiger charge is -2.15. The SMILES string of the molecule is Cc1c(C(C)NC2C(C)(C)C2(C)C)sc2ccccc12. The standard InChI is InChI=1S/C18H25NS/c1-11-13-9-7-8-10-14(13)20-15(11)12(2)19-16-17(3,4)18(16,5)6/h7-10,12,16,19H,1-6H3. The summed E-state index contributed by atoms with van der Waals surface area (Å²) in [7, 11) is 0. The Balaban J connectivity index is 1.87. The molecule has 1 unspecified atom stereocenters. The molecule has 1 aliphatic carbocycles. The van der Waals surface area contributed by atoms with Crippen molar-refractivity contribution in [3.05, 3.63) is 34.7 Å². The largest absolute Gasteiger partial charge is 0.306 e. The molecule has 1 atom stereocenters. The molecule has 0 amide bonds. The summed E-state index contributed by atoms with van der Waals surface area (Å²) in [6, 6.07) is 9.77. The predicted molar refractivity (Wildman–Crippen MR) is 89.5 cm³/mol. The zero-order valence-corrected chi connectivity index (χ0v) is 14.2. The molecule has 1 fully saturated rings. The summed E-state index contributed by atoms with van der Waals surface area (Å²) >= 11 is 1.94. The molecule has 1 aromatic carbocycles. The Labute approximate surface area is 126 Å². The lowest BCUT2D eigenvalue weighted by molar-refractivity contribution is 0.457. The third kappa shape index (κ3) is 1.85. The van der Waals surface area contributed by atoms with Crippen molar-refractivity contribution in [2.75, 3.05) is 0 Å². The molecule has 1 aliphatic rings. The van der Waals surface area contributed by atoms with Crippen LogP contribution in [0.1, 0.15) is 51.1 Å². The Bertz CT molecular complexity index is 636. The Morgan fingerprint density at radius 1 is 1.10 bits per heavy atom. The van der Waals surface area contributed by atoms with Crippen LogP contribution in [0.3, 0.4) is 0 Å². The smallest absolute Gasteiger partial charge is 0.0391 e. The van der Waals surface area contributed by atoms with Crippen LogP contribution in [-0.2, 0) is 0 Å². The van der Waals surface area contributed by atoms with Gasteiger partial charge in [-0.2, -0.15) is 0 Å². The quantitative estimate of drug-likeness (QED) is 0.808. The highest BCUT2D eigenvalue weighted by atomic mass is 32.1. The van der Waals surface area contributed by atoms with E-state index < -0.39 is 0 Å². The molecule has 2 aromatic rings. The highest BCUT2D eigenvalue weighted by Gasteiger charge is 2.64. The molecule has 0 aliphatic heterocycles. The first-order valence-electron chi connectivity index (χ1n) is 7.51. The van der Waals surface area contributed by atoms with E-state index in [-0.39, 0.29) is 0 Å². The van der Waals surface area contributed by atoms with Crippen LogP contribution in [0.5, 0.6) is 0 Å². The molecule has 1 nitrogen and oxygen atoms in total. The Morgan fingerprint density at radius 3 is 2.25 bits per heavy atom. The van der Waals surface area contributed by atoms with Gasteiger partial charge in [-0.25, -0.2) is 0 Å². The molecule has 0 spiro atoms. The van der Waals surface area contributed by atoms with E-state index in [9.17, 15) is 0 Å². The van der Waals surface area contributed by atoms with Crippen molar-refractivity contribution in [1.29, 1.82) is 0 Å². The monoisotopic (exact) mass is 287 g/mol. The van der Waals surface area contributed by atoms with Crippen LogP contribution in [0, 0.1) is 17.8 Å². The van der Waals surface area contributed by atoms with Gasteiger partial charge in [0.15, 0.2) is 0 Å². The van der Waals surface area contributed by atoms with Crippen molar-refractivity contribution < 1.29 is 0 Å². The number of fused-ring (bicyclic) bond motifs is 1. The first-order chi connectivity index (χ1) is 9.26. The third-order valence-electron chi connectivity index (χ3n) is 5.71. The van der Waals surface area contributed by atoms with E-state index in [0.717, 1.165) is 0 Å². The molecule has 1 saturated carbocycles. The summed E-state index contributed by atoms with van der Waals surface area (Å²) in [5, 5.41) is 5.28. The summed E-state index contributed by atoms with van der Waals surface area (Å²) in [5.74, 6) is 0. The van der Waals surface area contributed by atoms with Crippen LogP contribution in [0.25, 0.3) is 10.1 Å². The average molecular weight is 287 g/mol. The van der Waals surface area contributed by atoms with E-state index in [1.54, 1.807) is 0 Å². The second kappa shape index (κ2) is 4.32. The molecular weight excluding hydrogens is 262 g/mol. The molecule has 0 radical (unpaired) electrons. The van der Waals surface area contributed by atoms with Crippen molar-refractivity contribution in [2.24, 2.45) is 10.8 Å². The fraction of sp³-hybridized carbons (Fsp3) is 0.556. The van der Waals surface area contributed by atoms with Crippen molar-refractivity contribution in [3.63, 3.8) is 0 Å². The number of rotatable bonds is 3. The maximum absolute atomic E-state index is 3.86. The molecule has 3 rings (SSSR count). The minimum absolute atomic E-state index is 0.395. The van der Waals surface area contributed by atoms with Crippen LogP contribution in [0.4, 0.5) is 0 Å². The van der Waals surface area contributed by atoms with Gasteiger partial charge in [0.2, 0.25) is 0 Å². The van der Waals surface area contributed by atoms with Gasteiger partial charge in [0.1, 0.15) is 0 Å². The highest BCUT2D eigenvalue weighted by Crippen LogP contribution is 2.63. The summed E-state index contributed by atoms with van der Waals surface area (Å²) in [5.41, 5.74) is 2.24.